The van der Waals surface area contributed by atoms with Gasteiger partial charge in [0.2, 0.25) is 0 Å². The van der Waals surface area contributed by atoms with E-state index < -0.39 is 5.97 Å². The maximum absolute atomic E-state index is 11.5. The fraction of sp³-hybridized carbons (Fsp3) is 0.286. The third-order valence-corrected chi connectivity index (χ3v) is 2.97. The molecule has 0 saturated heterocycles. The highest BCUT2D eigenvalue weighted by atomic mass is 16.5. The molecule has 1 aromatic heterocycles. The Hall–Kier alpha value is -2.50. The van der Waals surface area contributed by atoms with E-state index in [2.05, 4.69) is 9.84 Å². The molecule has 0 unspecified atom stereocenters. The number of esters is 1. The second kappa shape index (κ2) is 6.10. The lowest BCUT2D eigenvalue weighted by atomic mass is 10.2. The average Bonchev–Trinajstić information content (AvgIpc) is 2.85. The topological polar surface area (TPSA) is 79.4 Å². The van der Waals surface area contributed by atoms with Gasteiger partial charge in [-0.25, -0.2) is 4.79 Å². The van der Waals surface area contributed by atoms with Crippen LogP contribution >= 0.6 is 0 Å². The molecule has 0 saturated carbocycles. The SMILES string of the molecule is COC(=O)c1ccc(N)c(OCCc2ccnn2C)c1. The van der Waals surface area contributed by atoms with Gasteiger partial charge in [-0.05, 0) is 24.3 Å². The van der Waals surface area contributed by atoms with Gasteiger partial charge in [0.25, 0.3) is 0 Å². The summed E-state index contributed by atoms with van der Waals surface area (Å²) >= 11 is 0. The van der Waals surface area contributed by atoms with E-state index in [0.29, 0.717) is 30.0 Å². The third-order valence-electron chi connectivity index (χ3n) is 2.97. The van der Waals surface area contributed by atoms with Crippen molar-refractivity contribution in [1.29, 1.82) is 0 Å². The van der Waals surface area contributed by atoms with Crippen molar-refractivity contribution in [2.24, 2.45) is 7.05 Å². The number of anilines is 1. The second-order valence-corrected chi connectivity index (χ2v) is 4.29. The summed E-state index contributed by atoms with van der Waals surface area (Å²) in [6.07, 6.45) is 2.44. The zero-order valence-electron chi connectivity index (χ0n) is 11.5. The number of methoxy groups -OCH3 is 1. The monoisotopic (exact) mass is 275 g/mol. The molecule has 106 valence electrons. The zero-order valence-corrected chi connectivity index (χ0v) is 11.5. The molecule has 6 heteroatoms. The number of hydrogen-bond donors (Lipinski definition) is 1. The van der Waals surface area contributed by atoms with Crippen molar-refractivity contribution in [1.82, 2.24) is 9.78 Å². The molecule has 2 N–H and O–H groups in total. The van der Waals surface area contributed by atoms with Crippen molar-refractivity contribution in [3.63, 3.8) is 0 Å². The maximum atomic E-state index is 11.5. The van der Waals surface area contributed by atoms with Crippen LogP contribution in [0.3, 0.4) is 0 Å². The van der Waals surface area contributed by atoms with Gasteiger partial charge < -0.3 is 15.2 Å². The summed E-state index contributed by atoms with van der Waals surface area (Å²) in [7, 11) is 3.21. The quantitative estimate of drug-likeness (QED) is 0.659. The van der Waals surface area contributed by atoms with Crippen LogP contribution < -0.4 is 10.5 Å². The van der Waals surface area contributed by atoms with E-state index >= 15 is 0 Å². The van der Waals surface area contributed by atoms with Crippen molar-refractivity contribution >= 4 is 11.7 Å². The molecule has 0 bridgehead atoms. The summed E-state index contributed by atoms with van der Waals surface area (Å²) in [4.78, 5) is 11.5. The van der Waals surface area contributed by atoms with Gasteiger partial charge in [-0.3, -0.25) is 4.68 Å². The Morgan fingerprint density at radius 2 is 2.20 bits per heavy atom. The van der Waals surface area contributed by atoms with Gasteiger partial charge in [0.15, 0.2) is 0 Å². The minimum Gasteiger partial charge on any atom is -0.491 e. The fourth-order valence-corrected chi connectivity index (χ4v) is 1.82. The summed E-state index contributed by atoms with van der Waals surface area (Å²) < 4.78 is 12.1. The lowest BCUT2D eigenvalue weighted by molar-refractivity contribution is 0.0600. The molecule has 0 fully saturated rings. The van der Waals surface area contributed by atoms with Crippen LogP contribution in [0.15, 0.2) is 30.5 Å². The molecule has 0 aliphatic rings. The molecule has 0 radical (unpaired) electrons. The van der Waals surface area contributed by atoms with Gasteiger partial charge >= 0.3 is 5.97 Å². The summed E-state index contributed by atoms with van der Waals surface area (Å²) in [6, 6.07) is 6.75. The summed E-state index contributed by atoms with van der Waals surface area (Å²) in [5.74, 6) is 0.0663. The number of nitrogens with two attached hydrogens (primary N) is 1. The Labute approximate surface area is 117 Å². The normalized spacial score (nSPS) is 10.3. The molecule has 6 nitrogen and oxygen atoms in total. The van der Waals surface area contributed by atoms with Crippen molar-refractivity contribution in [2.75, 3.05) is 19.5 Å². The Morgan fingerprint density at radius 1 is 1.40 bits per heavy atom. The number of hydrogen-bond acceptors (Lipinski definition) is 5. The van der Waals surface area contributed by atoms with E-state index in [1.54, 1.807) is 29.1 Å². The van der Waals surface area contributed by atoms with Crippen LogP contribution in [0, 0.1) is 0 Å². The highest BCUT2D eigenvalue weighted by Crippen LogP contribution is 2.23. The molecule has 0 aliphatic heterocycles. The first-order valence-corrected chi connectivity index (χ1v) is 6.19. The first-order chi connectivity index (χ1) is 9.61. The van der Waals surface area contributed by atoms with E-state index in [1.807, 2.05) is 13.1 Å². The van der Waals surface area contributed by atoms with E-state index in [-0.39, 0.29) is 0 Å². The molecular weight excluding hydrogens is 258 g/mol. The molecule has 20 heavy (non-hydrogen) atoms. The Morgan fingerprint density at radius 3 is 2.85 bits per heavy atom. The number of nitrogens with zero attached hydrogens (tertiary/aromatic N) is 2. The van der Waals surface area contributed by atoms with Crippen LogP contribution in [-0.2, 0) is 18.2 Å². The van der Waals surface area contributed by atoms with Crippen LogP contribution in [-0.4, -0.2) is 29.5 Å². The van der Waals surface area contributed by atoms with Gasteiger partial charge in [0.1, 0.15) is 5.75 Å². The van der Waals surface area contributed by atoms with Crippen molar-refractivity contribution in [3.05, 3.63) is 41.7 Å². The number of nitrogen functional groups attached to an aromatic ring is 1. The van der Waals surface area contributed by atoms with Gasteiger partial charge in [-0.2, -0.15) is 5.10 Å². The van der Waals surface area contributed by atoms with Crippen LogP contribution in [0.1, 0.15) is 16.1 Å². The Bertz CT molecular complexity index is 607. The number of carbonyl (C=O) groups is 1. The summed E-state index contributed by atoms with van der Waals surface area (Å²) in [5, 5.41) is 4.08. The van der Waals surface area contributed by atoms with Gasteiger partial charge in [0.05, 0.1) is 25.0 Å². The Balaban J connectivity index is 2.02. The average molecular weight is 275 g/mol. The minimum atomic E-state index is -0.415. The van der Waals surface area contributed by atoms with Gasteiger partial charge in [-0.15, -0.1) is 0 Å². The number of aromatic nitrogens is 2. The molecule has 0 spiro atoms. The third kappa shape index (κ3) is 3.09. The molecule has 1 aromatic carbocycles. The minimum absolute atomic E-state index is 0.414. The first kappa shape index (κ1) is 13.9. The van der Waals surface area contributed by atoms with E-state index in [0.717, 1.165) is 5.69 Å². The standard InChI is InChI=1S/C14H17N3O3/c1-17-11(5-7-16-17)6-8-20-13-9-10(14(18)19-2)3-4-12(13)15/h3-5,7,9H,6,8,15H2,1-2H3. The summed E-state index contributed by atoms with van der Waals surface area (Å²) in [6.45, 7) is 0.453. The summed E-state index contributed by atoms with van der Waals surface area (Å²) in [5.41, 5.74) is 7.79. The molecular formula is C14H17N3O3. The van der Waals surface area contributed by atoms with Crippen molar-refractivity contribution in [2.45, 2.75) is 6.42 Å². The first-order valence-electron chi connectivity index (χ1n) is 6.19. The molecule has 0 atom stereocenters. The van der Waals surface area contributed by atoms with Crippen molar-refractivity contribution in [3.8, 4) is 5.75 Å². The number of rotatable bonds is 5. The maximum Gasteiger partial charge on any atom is 0.337 e. The van der Waals surface area contributed by atoms with Gasteiger partial charge in [-0.1, -0.05) is 0 Å². The molecule has 2 rings (SSSR count). The fourth-order valence-electron chi connectivity index (χ4n) is 1.82. The highest BCUT2D eigenvalue weighted by Gasteiger charge is 2.09. The predicted octanol–water partition coefficient (Wildman–Crippen LogP) is 1.41. The van der Waals surface area contributed by atoms with Crippen LogP contribution in [0.2, 0.25) is 0 Å². The zero-order chi connectivity index (χ0) is 14.5. The van der Waals surface area contributed by atoms with E-state index in [4.69, 9.17) is 10.5 Å². The molecule has 2 aromatic rings. The highest BCUT2D eigenvalue weighted by molar-refractivity contribution is 5.90. The predicted molar refractivity (Wildman–Crippen MR) is 74.6 cm³/mol. The van der Waals surface area contributed by atoms with Crippen LogP contribution in [0.4, 0.5) is 5.69 Å². The number of ether oxygens (including phenoxy) is 2. The van der Waals surface area contributed by atoms with Gasteiger partial charge in [0, 0.05) is 25.4 Å². The van der Waals surface area contributed by atoms with Crippen molar-refractivity contribution < 1.29 is 14.3 Å². The smallest absolute Gasteiger partial charge is 0.337 e. The van der Waals surface area contributed by atoms with E-state index in [1.165, 1.54) is 7.11 Å². The molecule has 0 amide bonds. The largest absolute Gasteiger partial charge is 0.491 e. The van der Waals surface area contributed by atoms with E-state index in [9.17, 15) is 4.79 Å². The number of aryl methyl sites for hydroxylation is 1. The number of carbonyl (C=O) groups excluding carboxylic acids is 1. The molecule has 1 heterocycles. The lowest BCUT2D eigenvalue weighted by Gasteiger charge is -2.10. The number of benzene rings is 1. The lowest BCUT2D eigenvalue weighted by Crippen LogP contribution is -2.08. The Kier molecular flexibility index (Phi) is 4.24. The second-order valence-electron chi connectivity index (χ2n) is 4.29. The van der Waals surface area contributed by atoms with Crippen LogP contribution in [0.5, 0.6) is 5.75 Å². The van der Waals surface area contributed by atoms with Crippen LogP contribution in [0.25, 0.3) is 0 Å². The molecule has 0 aliphatic carbocycles.